The number of nitrogens with one attached hydrogen (secondary N) is 1. The van der Waals surface area contributed by atoms with Gasteiger partial charge in [0.25, 0.3) is 5.91 Å². The maximum Gasteiger partial charge on any atom is 0.265 e. The molecule has 0 spiro atoms. The van der Waals surface area contributed by atoms with Gasteiger partial charge in [0.2, 0.25) is 0 Å². The second-order valence-corrected chi connectivity index (χ2v) is 9.35. The van der Waals surface area contributed by atoms with Gasteiger partial charge in [-0.15, -0.1) is 0 Å². The molecule has 30 heavy (non-hydrogen) atoms. The van der Waals surface area contributed by atoms with Gasteiger partial charge in [-0.05, 0) is 53.4 Å². The zero-order valence-electron chi connectivity index (χ0n) is 19.8. The number of hydrogen-bond acceptors (Lipinski definition) is 2. The third-order valence-corrected chi connectivity index (χ3v) is 6.34. The molecule has 1 unspecified atom stereocenters. The summed E-state index contributed by atoms with van der Waals surface area (Å²) in [6, 6.07) is 17.0. The van der Waals surface area contributed by atoms with Crippen molar-refractivity contribution in [2.24, 2.45) is 0 Å². The number of hydrogen-bond donors (Lipinski definition) is 1. The maximum absolute atomic E-state index is 13.0. The van der Waals surface area contributed by atoms with Crippen LogP contribution in [0.15, 0.2) is 42.5 Å². The molecule has 0 saturated heterocycles. The number of carbonyl (C=O) groups excluding carboxylic acids is 1. The van der Waals surface area contributed by atoms with Crippen molar-refractivity contribution in [3.8, 4) is 5.75 Å². The molecule has 0 aliphatic heterocycles. The molecule has 163 valence electrons. The van der Waals surface area contributed by atoms with E-state index in [9.17, 15) is 4.79 Å². The van der Waals surface area contributed by atoms with Crippen molar-refractivity contribution < 1.29 is 9.53 Å². The van der Waals surface area contributed by atoms with Crippen molar-refractivity contribution in [2.75, 3.05) is 5.32 Å². The quantitative estimate of drug-likeness (QED) is 0.457. The predicted molar refractivity (Wildman–Crippen MR) is 126 cm³/mol. The maximum atomic E-state index is 13.0. The van der Waals surface area contributed by atoms with Gasteiger partial charge in [0.05, 0.1) is 0 Å². The molecule has 0 fully saturated rings. The summed E-state index contributed by atoms with van der Waals surface area (Å²) in [4.78, 5) is 13.0. The monoisotopic (exact) mass is 408 g/mol. The van der Waals surface area contributed by atoms with E-state index in [1.54, 1.807) is 6.07 Å². The molecular formula is C27H38NO2. The van der Waals surface area contributed by atoms with E-state index >= 15 is 0 Å². The van der Waals surface area contributed by atoms with Gasteiger partial charge in [-0.25, -0.2) is 0 Å². The molecule has 0 heterocycles. The lowest BCUT2D eigenvalue weighted by atomic mass is 9.77. The third-order valence-electron chi connectivity index (χ3n) is 6.34. The summed E-state index contributed by atoms with van der Waals surface area (Å²) in [6.07, 6.45) is 3.00. The van der Waals surface area contributed by atoms with Crippen LogP contribution in [0.3, 0.4) is 0 Å². The number of ether oxygens (including phenoxy) is 1. The summed E-state index contributed by atoms with van der Waals surface area (Å²) in [5, 5.41) is 2.96. The van der Waals surface area contributed by atoms with Crippen LogP contribution in [0.5, 0.6) is 5.75 Å². The van der Waals surface area contributed by atoms with Gasteiger partial charge in [-0.1, -0.05) is 85.2 Å². The fourth-order valence-electron chi connectivity index (χ4n) is 3.34. The Kier molecular flexibility index (Phi) is 8.11. The highest BCUT2D eigenvalue weighted by Gasteiger charge is 2.28. The third kappa shape index (κ3) is 5.87. The Balaban J connectivity index is 2.41. The molecule has 2 aromatic rings. The lowest BCUT2D eigenvalue weighted by Crippen LogP contribution is -2.34. The fraction of sp³-hybridized carbons (Fsp3) is 0.519. The van der Waals surface area contributed by atoms with Crippen molar-refractivity contribution >= 4 is 11.6 Å². The summed E-state index contributed by atoms with van der Waals surface area (Å²) < 4.78 is 6.46. The van der Waals surface area contributed by atoms with Crippen molar-refractivity contribution in [1.82, 2.24) is 0 Å². The lowest BCUT2D eigenvalue weighted by Gasteiger charge is -2.31. The van der Waals surface area contributed by atoms with Crippen LogP contribution in [-0.4, -0.2) is 12.0 Å². The van der Waals surface area contributed by atoms with Gasteiger partial charge >= 0.3 is 0 Å². The number of anilines is 1. The van der Waals surface area contributed by atoms with Crippen LogP contribution < -0.4 is 10.1 Å². The molecule has 0 aliphatic carbocycles. The predicted octanol–water partition coefficient (Wildman–Crippen LogP) is 7.05. The Labute approximate surface area is 183 Å². The van der Waals surface area contributed by atoms with E-state index in [1.165, 1.54) is 5.56 Å². The molecule has 0 aliphatic rings. The molecule has 1 radical (unpaired) electrons. The van der Waals surface area contributed by atoms with Crippen LogP contribution in [0.4, 0.5) is 5.69 Å². The standard InChI is InChI=1S/C27H38NO2/c1-8-14-23(25(29)28-21-15-12-11-13-16-21)30-24-19-20(26(4,5)9-2)17-18-22(24)27(6,7)10-3/h11-13,15,17-19,23H,8-10,14H2,1-7H3,(H,28,29). The van der Waals surface area contributed by atoms with Crippen LogP contribution in [0.2, 0.25) is 0 Å². The molecule has 0 aromatic heterocycles. The summed E-state index contributed by atoms with van der Waals surface area (Å²) in [6.45, 7) is 15.4. The zero-order valence-corrected chi connectivity index (χ0v) is 19.8. The van der Waals surface area contributed by atoms with Gasteiger partial charge in [-0.3, -0.25) is 4.79 Å². The molecule has 3 heteroatoms. The van der Waals surface area contributed by atoms with Gasteiger partial charge < -0.3 is 10.1 Å². The summed E-state index contributed by atoms with van der Waals surface area (Å²) in [5.74, 6) is 0.700. The number of para-hydroxylation sites is 1. The first-order valence-electron chi connectivity index (χ1n) is 11.2. The van der Waals surface area contributed by atoms with Gasteiger partial charge in [0, 0.05) is 11.8 Å². The average Bonchev–Trinajstić information content (AvgIpc) is 2.74. The van der Waals surface area contributed by atoms with Gasteiger partial charge in [-0.2, -0.15) is 0 Å². The second kappa shape index (κ2) is 10.1. The number of rotatable bonds is 10. The molecular weight excluding hydrogens is 370 g/mol. The second-order valence-electron chi connectivity index (χ2n) is 9.35. The Bertz CT molecular complexity index is 824. The van der Waals surface area contributed by atoms with Crippen molar-refractivity contribution in [3.63, 3.8) is 0 Å². The number of amides is 1. The van der Waals surface area contributed by atoms with Crippen LogP contribution in [-0.2, 0) is 15.6 Å². The minimum atomic E-state index is -0.546. The molecule has 1 atom stereocenters. The Hall–Kier alpha value is -2.29. The summed E-state index contributed by atoms with van der Waals surface area (Å²) >= 11 is 0. The fourth-order valence-corrected chi connectivity index (χ4v) is 3.34. The van der Waals surface area contributed by atoms with Crippen molar-refractivity contribution in [2.45, 2.75) is 91.1 Å². The van der Waals surface area contributed by atoms with E-state index in [-0.39, 0.29) is 16.7 Å². The van der Waals surface area contributed by atoms with Crippen LogP contribution in [0.25, 0.3) is 0 Å². The minimum absolute atomic E-state index is 0.0370. The van der Waals surface area contributed by atoms with Gasteiger partial charge in [0.1, 0.15) is 5.75 Å². The first-order chi connectivity index (χ1) is 14.1. The zero-order chi connectivity index (χ0) is 22.4. The Morgan fingerprint density at radius 1 is 1.03 bits per heavy atom. The first-order valence-corrected chi connectivity index (χ1v) is 11.2. The number of benzene rings is 2. The smallest absolute Gasteiger partial charge is 0.265 e. The minimum Gasteiger partial charge on any atom is -0.480 e. The van der Waals surface area contributed by atoms with E-state index in [0.717, 1.165) is 30.6 Å². The van der Waals surface area contributed by atoms with E-state index in [4.69, 9.17) is 4.74 Å². The molecule has 2 aromatic carbocycles. The highest BCUT2D eigenvalue weighted by molar-refractivity contribution is 5.94. The van der Waals surface area contributed by atoms with Crippen molar-refractivity contribution in [1.29, 1.82) is 0 Å². The van der Waals surface area contributed by atoms with Crippen molar-refractivity contribution in [3.05, 3.63) is 59.7 Å². The average molecular weight is 409 g/mol. The Morgan fingerprint density at radius 3 is 2.30 bits per heavy atom. The van der Waals surface area contributed by atoms with Crippen LogP contribution in [0.1, 0.15) is 85.3 Å². The highest BCUT2D eigenvalue weighted by atomic mass is 16.5. The van der Waals surface area contributed by atoms with Crippen LogP contribution >= 0.6 is 0 Å². The molecule has 1 amide bonds. The summed E-state index contributed by atoms with van der Waals surface area (Å²) in [7, 11) is 0. The lowest BCUT2D eigenvalue weighted by molar-refractivity contribution is -0.123. The van der Waals surface area contributed by atoms with E-state index in [0.29, 0.717) is 12.1 Å². The largest absolute Gasteiger partial charge is 0.480 e. The SMILES string of the molecule is CCCC(Oc1cc(C(C)(C)CC)ccc1C(C)(C)CC)C(=O)Nc1[c]cccc1. The summed E-state index contributed by atoms with van der Waals surface area (Å²) in [5.41, 5.74) is 3.07. The molecule has 2 rings (SSSR count). The molecule has 0 bridgehead atoms. The van der Waals surface area contributed by atoms with E-state index in [2.05, 4.69) is 78.0 Å². The Morgan fingerprint density at radius 2 is 1.73 bits per heavy atom. The number of carbonyl (C=O) groups is 1. The van der Waals surface area contributed by atoms with Crippen LogP contribution in [0, 0.1) is 6.07 Å². The van der Waals surface area contributed by atoms with E-state index in [1.807, 2.05) is 18.2 Å². The highest BCUT2D eigenvalue weighted by Crippen LogP contribution is 2.39. The molecule has 0 saturated carbocycles. The molecule has 1 N–H and O–H groups in total. The first kappa shape index (κ1) is 24.0. The van der Waals surface area contributed by atoms with Gasteiger partial charge in [0.15, 0.2) is 6.10 Å². The molecule has 3 nitrogen and oxygen atoms in total. The normalized spacial score (nSPS) is 13.0. The topological polar surface area (TPSA) is 38.3 Å². The van der Waals surface area contributed by atoms with E-state index < -0.39 is 6.10 Å².